The van der Waals surface area contributed by atoms with Crippen LogP contribution in [0.3, 0.4) is 0 Å². The van der Waals surface area contributed by atoms with Gasteiger partial charge in [-0.05, 0) is 37.5 Å². The van der Waals surface area contributed by atoms with E-state index in [1.165, 1.54) is 56.3 Å². The lowest BCUT2D eigenvalue weighted by Crippen LogP contribution is -1.97. The molecule has 0 saturated carbocycles. The van der Waals surface area contributed by atoms with Crippen LogP contribution in [-0.4, -0.2) is 15.4 Å². The maximum absolute atomic E-state index is 4.26. The number of aromatic nitrogens is 3. The molecular formula is C17H33N3. The van der Waals surface area contributed by atoms with Gasteiger partial charge in [-0.25, -0.2) is 0 Å². The number of H-pyrrole nitrogens is 1. The minimum Gasteiger partial charge on any atom is -0.262 e. The number of rotatable bonds is 11. The maximum atomic E-state index is 4.26. The van der Waals surface area contributed by atoms with Crippen LogP contribution < -0.4 is 0 Å². The monoisotopic (exact) mass is 279 g/mol. The molecule has 1 N–H and O–H groups in total. The van der Waals surface area contributed by atoms with Crippen LogP contribution in [0.5, 0.6) is 0 Å². The normalized spacial score (nSPS) is 13.1. The predicted octanol–water partition coefficient (Wildman–Crippen LogP) is 4.93. The summed E-state index contributed by atoms with van der Waals surface area (Å²) in [7, 11) is 0. The lowest BCUT2D eigenvalue weighted by Gasteiger charge is -2.07. The van der Waals surface area contributed by atoms with Crippen LogP contribution in [-0.2, 0) is 12.8 Å². The highest BCUT2D eigenvalue weighted by Crippen LogP contribution is 2.15. The summed E-state index contributed by atoms with van der Waals surface area (Å²) in [5, 5.41) is 11.3. The molecule has 1 rings (SSSR count). The SMILES string of the molecule is CCC(C)CCCCc1nn[nH]c1CCCCC(C)C. The molecule has 0 aliphatic rings. The van der Waals surface area contributed by atoms with Crippen LogP contribution in [0, 0.1) is 11.8 Å². The van der Waals surface area contributed by atoms with Crippen LogP contribution in [0.2, 0.25) is 0 Å². The van der Waals surface area contributed by atoms with Crippen LogP contribution in [0.1, 0.15) is 84.0 Å². The van der Waals surface area contributed by atoms with E-state index in [1.54, 1.807) is 0 Å². The van der Waals surface area contributed by atoms with E-state index in [-0.39, 0.29) is 0 Å². The third-order valence-electron chi connectivity index (χ3n) is 4.22. The highest BCUT2D eigenvalue weighted by atomic mass is 15.3. The first kappa shape index (κ1) is 17.2. The van der Waals surface area contributed by atoms with Gasteiger partial charge in [-0.3, -0.25) is 5.10 Å². The number of nitrogens with one attached hydrogen (secondary N) is 1. The second-order valence-electron chi connectivity index (χ2n) is 6.64. The van der Waals surface area contributed by atoms with Crippen LogP contribution in [0.15, 0.2) is 0 Å². The van der Waals surface area contributed by atoms with Crippen molar-refractivity contribution in [2.75, 3.05) is 0 Å². The molecule has 3 heteroatoms. The van der Waals surface area contributed by atoms with Crippen LogP contribution in [0.25, 0.3) is 0 Å². The zero-order valence-corrected chi connectivity index (χ0v) is 13.9. The fourth-order valence-electron chi connectivity index (χ4n) is 2.52. The first-order valence-electron chi connectivity index (χ1n) is 8.52. The van der Waals surface area contributed by atoms with Crippen molar-refractivity contribution in [3.63, 3.8) is 0 Å². The van der Waals surface area contributed by atoms with Crippen LogP contribution >= 0.6 is 0 Å². The first-order valence-corrected chi connectivity index (χ1v) is 8.52. The van der Waals surface area contributed by atoms with Crippen molar-refractivity contribution in [3.05, 3.63) is 11.4 Å². The number of aryl methyl sites for hydroxylation is 2. The fraction of sp³-hybridized carbons (Fsp3) is 0.882. The summed E-state index contributed by atoms with van der Waals surface area (Å²) in [6.45, 7) is 9.20. The molecule has 1 unspecified atom stereocenters. The van der Waals surface area contributed by atoms with Gasteiger partial charge in [-0.15, -0.1) is 5.10 Å². The molecule has 0 aliphatic heterocycles. The molecule has 0 aliphatic carbocycles. The van der Waals surface area contributed by atoms with E-state index in [4.69, 9.17) is 0 Å². The molecule has 116 valence electrons. The Balaban J connectivity index is 2.21. The average molecular weight is 279 g/mol. The second kappa shape index (κ2) is 9.95. The number of unbranched alkanes of at least 4 members (excludes halogenated alkanes) is 2. The van der Waals surface area contributed by atoms with Gasteiger partial charge in [0.15, 0.2) is 0 Å². The lowest BCUT2D eigenvalue weighted by atomic mass is 9.99. The number of hydrogen-bond acceptors (Lipinski definition) is 2. The summed E-state index contributed by atoms with van der Waals surface area (Å²) in [5.74, 6) is 1.68. The van der Waals surface area contributed by atoms with Gasteiger partial charge in [0.25, 0.3) is 0 Å². The van der Waals surface area contributed by atoms with Crippen molar-refractivity contribution >= 4 is 0 Å². The predicted molar refractivity (Wildman–Crippen MR) is 85.8 cm³/mol. The Morgan fingerprint density at radius 2 is 1.65 bits per heavy atom. The first-order chi connectivity index (χ1) is 9.63. The Kier molecular flexibility index (Phi) is 8.56. The molecule has 0 spiro atoms. The van der Waals surface area contributed by atoms with Gasteiger partial charge >= 0.3 is 0 Å². The zero-order valence-electron chi connectivity index (χ0n) is 13.9. The van der Waals surface area contributed by atoms with Crippen molar-refractivity contribution in [2.24, 2.45) is 11.8 Å². The van der Waals surface area contributed by atoms with Gasteiger partial charge in [0.05, 0.1) is 11.4 Å². The standard InChI is InChI=1S/C17H33N3/c1-5-15(4)11-7-9-13-17-16(18-20-19-17)12-8-6-10-14(2)3/h14-15H,5-13H2,1-4H3,(H,18,19,20). The van der Waals surface area contributed by atoms with E-state index in [2.05, 4.69) is 43.1 Å². The number of nitrogens with zero attached hydrogens (tertiary/aromatic N) is 2. The topological polar surface area (TPSA) is 41.6 Å². The molecule has 0 amide bonds. The zero-order chi connectivity index (χ0) is 14.8. The Hall–Kier alpha value is -0.860. The Morgan fingerprint density at radius 1 is 0.950 bits per heavy atom. The van der Waals surface area contributed by atoms with Gasteiger partial charge in [0, 0.05) is 0 Å². The molecule has 0 aromatic carbocycles. The number of aromatic amines is 1. The molecule has 1 atom stereocenters. The highest BCUT2D eigenvalue weighted by Gasteiger charge is 2.07. The molecule has 3 nitrogen and oxygen atoms in total. The lowest BCUT2D eigenvalue weighted by molar-refractivity contribution is 0.483. The molecule has 1 aromatic rings. The molecule has 20 heavy (non-hydrogen) atoms. The third kappa shape index (κ3) is 7.06. The largest absolute Gasteiger partial charge is 0.262 e. The molecule has 0 radical (unpaired) electrons. The summed E-state index contributed by atoms with van der Waals surface area (Å²) in [6.07, 6.45) is 11.3. The summed E-state index contributed by atoms with van der Waals surface area (Å²) < 4.78 is 0. The quantitative estimate of drug-likeness (QED) is 0.583. The summed E-state index contributed by atoms with van der Waals surface area (Å²) in [4.78, 5) is 0. The Morgan fingerprint density at radius 3 is 2.35 bits per heavy atom. The summed E-state index contributed by atoms with van der Waals surface area (Å²) in [5.41, 5.74) is 2.48. The fourth-order valence-corrected chi connectivity index (χ4v) is 2.52. The minimum atomic E-state index is 0.815. The molecule has 0 fully saturated rings. The van der Waals surface area contributed by atoms with Crippen molar-refractivity contribution in [1.82, 2.24) is 15.4 Å². The molecule has 1 heterocycles. The van der Waals surface area contributed by atoms with Crippen molar-refractivity contribution in [3.8, 4) is 0 Å². The van der Waals surface area contributed by atoms with Gasteiger partial charge < -0.3 is 0 Å². The highest BCUT2D eigenvalue weighted by molar-refractivity contribution is 5.08. The van der Waals surface area contributed by atoms with Gasteiger partial charge in [-0.1, -0.05) is 65.0 Å². The Bertz CT molecular complexity index is 344. The van der Waals surface area contributed by atoms with Crippen LogP contribution in [0.4, 0.5) is 0 Å². The van der Waals surface area contributed by atoms with Crippen molar-refractivity contribution in [2.45, 2.75) is 85.5 Å². The minimum absolute atomic E-state index is 0.815. The van der Waals surface area contributed by atoms with Gasteiger partial charge in [0.1, 0.15) is 0 Å². The van der Waals surface area contributed by atoms with Crippen molar-refractivity contribution < 1.29 is 0 Å². The molecular weight excluding hydrogens is 246 g/mol. The van der Waals surface area contributed by atoms with Gasteiger partial charge in [0.2, 0.25) is 0 Å². The van der Waals surface area contributed by atoms with Crippen molar-refractivity contribution in [1.29, 1.82) is 0 Å². The van der Waals surface area contributed by atoms with E-state index < -0.39 is 0 Å². The van der Waals surface area contributed by atoms with E-state index in [1.807, 2.05) is 0 Å². The Labute approximate surface area is 124 Å². The smallest absolute Gasteiger partial charge is 0.0856 e. The molecule has 1 aromatic heterocycles. The summed E-state index contributed by atoms with van der Waals surface area (Å²) in [6, 6.07) is 0. The average Bonchev–Trinajstić information content (AvgIpc) is 2.86. The maximum Gasteiger partial charge on any atom is 0.0856 e. The second-order valence-corrected chi connectivity index (χ2v) is 6.64. The summed E-state index contributed by atoms with van der Waals surface area (Å²) >= 11 is 0. The molecule has 0 bridgehead atoms. The molecule has 0 saturated heterocycles. The van der Waals surface area contributed by atoms with E-state index in [9.17, 15) is 0 Å². The van der Waals surface area contributed by atoms with E-state index in [0.29, 0.717) is 0 Å². The van der Waals surface area contributed by atoms with E-state index in [0.717, 1.165) is 24.7 Å². The third-order valence-corrected chi connectivity index (χ3v) is 4.22. The van der Waals surface area contributed by atoms with E-state index >= 15 is 0 Å². The number of hydrogen-bond donors (Lipinski definition) is 1. The van der Waals surface area contributed by atoms with Gasteiger partial charge in [-0.2, -0.15) is 0 Å².